The Morgan fingerprint density at radius 2 is 1.27 bits per heavy atom. The highest BCUT2D eigenvalue weighted by Crippen LogP contribution is 2.73. The summed E-state index contributed by atoms with van der Waals surface area (Å²) >= 11 is 0. The maximum atomic E-state index is 6.47. The normalized spacial score (nSPS) is 38.2. The molecule has 0 radical (unpaired) electrons. The molecule has 7 aliphatic rings. The van der Waals surface area contributed by atoms with Gasteiger partial charge in [-0.05, 0) is 180 Å². The van der Waals surface area contributed by atoms with Gasteiger partial charge in [-0.2, -0.15) is 0 Å². The van der Waals surface area contributed by atoms with Gasteiger partial charge in [-0.25, -0.2) is 0 Å². The van der Waals surface area contributed by atoms with E-state index in [1.54, 1.807) is 16.7 Å². The highest BCUT2D eigenvalue weighted by atomic mass is 31.1. The molecule has 6 aliphatic carbocycles. The van der Waals surface area contributed by atoms with E-state index in [4.69, 9.17) is 9.47 Å². The van der Waals surface area contributed by atoms with Crippen molar-refractivity contribution in [2.75, 3.05) is 14.2 Å². The van der Waals surface area contributed by atoms with Crippen molar-refractivity contribution in [3.05, 3.63) is 88.6 Å². The number of rotatable bonds is 8. The minimum absolute atomic E-state index is 0.0321. The van der Waals surface area contributed by atoms with Crippen LogP contribution in [-0.4, -0.2) is 19.4 Å². The van der Waals surface area contributed by atoms with Crippen LogP contribution < -0.4 is 14.8 Å². The Morgan fingerprint density at radius 3 is 1.89 bits per heavy atom. The summed E-state index contributed by atoms with van der Waals surface area (Å²) < 4.78 is 12.9. The van der Waals surface area contributed by atoms with Crippen molar-refractivity contribution < 1.29 is 9.47 Å². The highest BCUT2D eigenvalue weighted by molar-refractivity contribution is 7.49. The third-order valence-corrected chi connectivity index (χ3v) is 22.9. The highest BCUT2D eigenvalue weighted by Gasteiger charge is 2.62. The smallest absolute Gasteiger partial charge is 0.127 e. The largest absolute Gasteiger partial charge is 0.496 e. The van der Waals surface area contributed by atoms with Crippen molar-refractivity contribution in [1.29, 1.82) is 0 Å². The van der Waals surface area contributed by atoms with Crippen LogP contribution in [0.15, 0.2) is 83.0 Å². The maximum absolute atomic E-state index is 6.47. The summed E-state index contributed by atoms with van der Waals surface area (Å²) in [4.78, 5) is 0. The second-order valence-corrected chi connectivity index (χ2v) is 27.3. The van der Waals surface area contributed by atoms with Gasteiger partial charge < -0.3 is 9.47 Å². The first-order valence-corrected chi connectivity index (χ1v) is 28.4. The lowest BCUT2D eigenvalue weighted by Crippen LogP contribution is -2.45. The van der Waals surface area contributed by atoms with Crippen LogP contribution in [0.3, 0.4) is 0 Å². The van der Waals surface area contributed by atoms with E-state index in [1.165, 1.54) is 131 Å². The Labute approximate surface area is 405 Å². The van der Waals surface area contributed by atoms with Crippen LogP contribution in [0.1, 0.15) is 197 Å². The summed E-state index contributed by atoms with van der Waals surface area (Å²) in [5.41, 5.74) is 12.0. The minimum Gasteiger partial charge on any atom is -0.496 e. The SMILES string of the molecule is CCCC1CC(CCC)CC(C)(C)C2=CC3CC(=C2)C2(CCC(C)C3(C)CC)CC3(CCC(C)(CC)C4C=C(C=C3C4)C(C)(C)C1)Pc1cccc(OC)c1-c1c(OC)cccc1C1CC12. The molecule has 0 saturated heterocycles. The number of methoxy groups -OCH3 is 2. The van der Waals surface area contributed by atoms with Crippen LogP contribution in [0.4, 0.5) is 0 Å². The number of benzene rings is 2. The van der Waals surface area contributed by atoms with Crippen molar-refractivity contribution in [2.24, 2.45) is 62.6 Å². The average molecular weight is 911 g/mol. The Bertz CT molecular complexity index is 2270. The van der Waals surface area contributed by atoms with E-state index < -0.39 is 0 Å². The predicted octanol–water partition coefficient (Wildman–Crippen LogP) is 17.8. The van der Waals surface area contributed by atoms with Crippen LogP contribution in [0, 0.1) is 62.6 Å². The first-order valence-electron chi connectivity index (χ1n) is 27.4. The molecular weight excluding hydrogens is 820 g/mol. The fraction of sp³-hybridized carbons (Fsp3) is 0.683. The van der Waals surface area contributed by atoms with Crippen LogP contribution in [0.2, 0.25) is 0 Å². The van der Waals surface area contributed by atoms with E-state index in [2.05, 4.69) is 137 Å². The van der Waals surface area contributed by atoms with Crippen molar-refractivity contribution >= 4 is 13.9 Å². The minimum atomic E-state index is 0.0321. The molecule has 2 aromatic rings. The Balaban J connectivity index is 1.38. The summed E-state index contributed by atoms with van der Waals surface area (Å²) in [5.74, 6) is 6.37. The van der Waals surface area contributed by atoms with Gasteiger partial charge in [0.25, 0.3) is 0 Å². The molecule has 12 atom stereocenters. The molecule has 3 heteroatoms. The van der Waals surface area contributed by atoms with Gasteiger partial charge in [-0.3, -0.25) is 0 Å². The summed E-state index contributed by atoms with van der Waals surface area (Å²) in [5, 5.41) is 1.52. The Kier molecular flexibility index (Phi) is 13.2. The standard InChI is InChI=1S/C63H91O2P/c1-14-20-42-30-43(21-15-2)39-59(8,9)45-32-47-36-48(33-45)62(27-26-41(5)61(47,11)17-4)40-63(29-28-60(10,16-3)46-31-44(34-49(63)35-46)58(6,7)38-42)66-55-25-19-24-54(65-13)57(55)56-50(51-37-52(51)62)22-18-23-53(56)64-12/h18-19,22-25,31-34,41-43,46-47,51-52,66H,14-17,20-21,26-30,35-40H2,1-13H3. The van der Waals surface area contributed by atoms with E-state index in [1.807, 2.05) is 19.8 Å². The lowest BCUT2D eigenvalue weighted by Gasteiger charge is -2.54. The van der Waals surface area contributed by atoms with Crippen molar-refractivity contribution in [2.45, 2.75) is 196 Å². The van der Waals surface area contributed by atoms with Gasteiger partial charge in [0.15, 0.2) is 0 Å². The third kappa shape index (κ3) is 8.20. The maximum Gasteiger partial charge on any atom is 0.127 e. The van der Waals surface area contributed by atoms with Crippen LogP contribution >= 0.6 is 8.58 Å². The Morgan fingerprint density at radius 1 is 0.667 bits per heavy atom. The van der Waals surface area contributed by atoms with E-state index in [0.717, 1.165) is 23.3 Å². The Hall–Kier alpha value is -2.57. The lowest BCUT2D eigenvalue weighted by molar-refractivity contribution is 0.0669. The quantitative estimate of drug-likeness (QED) is 0.246. The van der Waals surface area contributed by atoms with Gasteiger partial charge in [0, 0.05) is 16.3 Å². The van der Waals surface area contributed by atoms with Crippen LogP contribution in [-0.2, 0) is 0 Å². The van der Waals surface area contributed by atoms with Crippen LogP contribution in [0.5, 0.6) is 11.5 Å². The van der Waals surface area contributed by atoms with Crippen molar-refractivity contribution in [1.82, 2.24) is 0 Å². The van der Waals surface area contributed by atoms with Crippen molar-refractivity contribution in [3.8, 4) is 22.6 Å². The molecule has 12 unspecified atom stereocenters. The van der Waals surface area contributed by atoms with Crippen LogP contribution in [0.25, 0.3) is 11.1 Å². The van der Waals surface area contributed by atoms with Gasteiger partial charge in [0.2, 0.25) is 0 Å². The molecule has 2 spiro atoms. The average Bonchev–Trinajstić information content (AvgIpc) is 4.12. The summed E-state index contributed by atoms with van der Waals surface area (Å²) in [7, 11) is 4.43. The van der Waals surface area contributed by atoms with Gasteiger partial charge in [0.05, 0.1) is 14.2 Å². The molecule has 1 aliphatic heterocycles. The second kappa shape index (κ2) is 18.0. The summed E-state index contributed by atoms with van der Waals surface area (Å²) in [6.07, 6.45) is 33.4. The fourth-order valence-electron chi connectivity index (χ4n) is 16.3. The molecule has 3 saturated carbocycles. The van der Waals surface area contributed by atoms with E-state index in [9.17, 15) is 0 Å². The third-order valence-electron chi connectivity index (χ3n) is 21.0. The molecule has 0 amide bonds. The van der Waals surface area contributed by atoms with Gasteiger partial charge >= 0.3 is 0 Å². The van der Waals surface area contributed by atoms with E-state index in [-0.39, 0.29) is 32.2 Å². The zero-order valence-corrected chi connectivity index (χ0v) is 45.2. The molecule has 2 nitrogen and oxygen atoms in total. The molecule has 2 aromatic carbocycles. The van der Waals surface area contributed by atoms with Gasteiger partial charge in [-0.1, -0.05) is 177 Å². The fourth-order valence-corrected chi connectivity index (χ4v) is 18.3. The number of hydrogen-bond acceptors (Lipinski definition) is 2. The number of hydrogen-bond donors (Lipinski definition) is 0. The predicted molar refractivity (Wildman–Crippen MR) is 285 cm³/mol. The molecule has 1 heterocycles. The molecule has 8 bridgehead atoms. The van der Waals surface area contributed by atoms with Crippen molar-refractivity contribution in [3.63, 3.8) is 0 Å². The number of allylic oxidation sites excluding steroid dienone is 8. The topological polar surface area (TPSA) is 18.5 Å². The summed E-state index contributed by atoms with van der Waals surface area (Å²) in [6, 6.07) is 14.1. The first kappa shape index (κ1) is 48.5. The molecule has 66 heavy (non-hydrogen) atoms. The second-order valence-electron chi connectivity index (χ2n) is 25.5. The molecule has 0 N–H and O–H groups in total. The monoisotopic (exact) mass is 911 g/mol. The molecule has 9 rings (SSSR count). The number of fused-ring (bicyclic) bond motifs is 9. The molecule has 360 valence electrons. The van der Waals surface area contributed by atoms with Gasteiger partial charge in [0.1, 0.15) is 11.5 Å². The zero-order chi connectivity index (χ0) is 47.0. The first-order chi connectivity index (χ1) is 31.4. The zero-order valence-electron chi connectivity index (χ0n) is 44.2. The molecule has 3 fully saturated rings. The lowest BCUT2D eigenvalue weighted by atomic mass is 9.52. The van der Waals surface area contributed by atoms with E-state index >= 15 is 0 Å². The number of ether oxygens (including phenoxy) is 2. The molecule has 0 aromatic heterocycles. The summed E-state index contributed by atoms with van der Waals surface area (Å²) in [6.45, 7) is 28.7. The van der Waals surface area contributed by atoms with Gasteiger partial charge in [-0.15, -0.1) is 0 Å². The van der Waals surface area contributed by atoms with E-state index in [0.29, 0.717) is 38.2 Å². The molecular formula is C63H91O2P.